The minimum absolute atomic E-state index is 0.119. The van der Waals surface area contributed by atoms with Gasteiger partial charge in [0, 0.05) is 11.3 Å². The molecule has 3 nitrogen and oxygen atoms in total. The van der Waals surface area contributed by atoms with Crippen molar-refractivity contribution in [3.8, 4) is 11.5 Å². The average molecular weight is 393 g/mol. The lowest BCUT2D eigenvalue weighted by molar-refractivity contribution is 0.466. The van der Waals surface area contributed by atoms with E-state index in [1.165, 1.54) is 17.3 Å². The van der Waals surface area contributed by atoms with Gasteiger partial charge in [0.05, 0.1) is 10.0 Å². The Hall–Kier alpha value is -1.49. The van der Waals surface area contributed by atoms with Crippen molar-refractivity contribution in [1.29, 1.82) is 0 Å². The summed E-state index contributed by atoms with van der Waals surface area (Å²) in [7, 11) is 0. The Balaban J connectivity index is 1.68. The zero-order valence-corrected chi connectivity index (χ0v) is 16.5. The van der Waals surface area contributed by atoms with Gasteiger partial charge in [-0.1, -0.05) is 73.9 Å². The first kappa shape index (κ1) is 18.3. The first-order valence-corrected chi connectivity index (χ1v) is 9.58. The van der Waals surface area contributed by atoms with Crippen molar-refractivity contribution >= 4 is 35.0 Å². The third kappa shape index (κ3) is 4.57. The maximum atomic E-state index is 6.03. The van der Waals surface area contributed by atoms with Gasteiger partial charge in [0.2, 0.25) is 5.89 Å². The summed E-state index contributed by atoms with van der Waals surface area (Å²) in [6.07, 6.45) is 0. The van der Waals surface area contributed by atoms with Crippen molar-refractivity contribution in [2.24, 2.45) is 0 Å². The molecule has 0 saturated heterocycles. The summed E-state index contributed by atoms with van der Waals surface area (Å²) >= 11 is 13.4. The highest BCUT2D eigenvalue weighted by Gasteiger charge is 2.15. The minimum atomic E-state index is 0.119. The second-order valence-corrected chi connectivity index (χ2v) is 8.48. The molecular formula is C19H18Cl2N2OS. The molecule has 3 aromatic rings. The van der Waals surface area contributed by atoms with E-state index in [0.717, 1.165) is 11.1 Å². The molecule has 2 aromatic carbocycles. The SMILES string of the molecule is CC(C)(C)c1ccc(-c2nnc(SCc3ccc(Cl)c(Cl)c3)o2)cc1. The number of halogens is 2. The van der Waals surface area contributed by atoms with Crippen LogP contribution in [-0.2, 0) is 11.2 Å². The van der Waals surface area contributed by atoms with Crippen LogP contribution in [0.2, 0.25) is 10.0 Å². The zero-order chi connectivity index (χ0) is 18.0. The Bertz CT molecular complexity index is 870. The lowest BCUT2D eigenvalue weighted by atomic mass is 9.87. The van der Waals surface area contributed by atoms with Gasteiger partial charge in [-0.15, -0.1) is 10.2 Å². The molecule has 0 aliphatic heterocycles. The molecule has 0 saturated carbocycles. The van der Waals surface area contributed by atoms with E-state index in [0.29, 0.717) is 26.9 Å². The highest BCUT2D eigenvalue weighted by atomic mass is 35.5. The number of hydrogen-bond acceptors (Lipinski definition) is 4. The fourth-order valence-electron chi connectivity index (χ4n) is 2.27. The second-order valence-electron chi connectivity index (χ2n) is 6.74. The van der Waals surface area contributed by atoms with Crippen LogP contribution in [0.15, 0.2) is 52.1 Å². The number of hydrogen-bond donors (Lipinski definition) is 0. The molecule has 0 N–H and O–H groups in total. The Morgan fingerprint density at radius 2 is 1.68 bits per heavy atom. The van der Waals surface area contributed by atoms with Crippen molar-refractivity contribution in [1.82, 2.24) is 10.2 Å². The summed E-state index contributed by atoms with van der Waals surface area (Å²) in [4.78, 5) is 0. The predicted octanol–water partition coefficient (Wildman–Crippen LogP) is 6.63. The van der Waals surface area contributed by atoms with E-state index in [1.54, 1.807) is 6.07 Å². The van der Waals surface area contributed by atoms with Crippen molar-refractivity contribution in [2.75, 3.05) is 0 Å². The van der Waals surface area contributed by atoms with Crippen LogP contribution in [0.25, 0.3) is 11.5 Å². The predicted molar refractivity (Wildman–Crippen MR) is 104 cm³/mol. The molecule has 0 unspecified atom stereocenters. The van der Waals surface area contributed by atoms with Crippen LogP contribution in [0.1, 0.15) is 31.9 Å². The molecule has 0 spiro atoms. The van der Waals surface area contributed by atoms with Gasteiger partial charge in [-0.2, -0.15) is 0 Å². The monoisotopic (exact) mass is 392 g/mol. The van der Waals surface area contributed by atoms with Gasteiger partial charge in [0.1, 0.15) is 0 Å². The largest absolute Gasteiger partial charge is 0.411 e. The van der Waals surface area contributed by atoms with Gasteiger partial charge in [-0.05, 0) is 40.8 Å². The van der Waals surface area contributed by atoms with Gasteiger partial charge in [-0.25, -0.2) is 0 Å². The number of aromatic nitrogens is 2. The molecule has 130 valence electrons. The van der Waals surface area contributed by atoms with Crippen molar-refractivity contribution in [3.05, 3.63) is 63.6 Å². The first-order valence-electron chi connectivity index (χ1n) is 7.84. The summed E-state index contributed by atoms with van der Waals surface area (Å²) < 4.78 is 5.75. The summed E-state index contributed by atoms with van der Waals surface area (Å²) in [6.45, 7) is 6.56. The highest BCUT2D eigenvalue weighted by molar-refractivity contribution is 7.98. The maximum absolute atomic E-state index is 6.03. The van der Waals surface area contributed by atoms with Crippen LogP contribution >= 0.6 is 35.0 Å². The lowest BCUT2D eigenvalue weighted by Gasteiger charge is -2.18. The third-order valence-electron chi connectivity index (χ3n) is 3.75. The van der Waals surface area contributed by atoms with Crippen LogP contribution in [0.4, 0.5) is 0 Å². The summed E-state index contributed by atoms with van der Waals surface area (Å²) in [5.74, 6) is 1.21. The molecule has 0 atom stereocenters. The number of thioether (sulfide) groups is 1. The fourth-order valence-corrected chi connectivity index (χ4v) is 3.30. The van der Waals surface area contributed by atoms with Crippen molar-refractivity contribution in [3.63, 3.8) is 0 Å². The topological polar surface area (TPSA) is 38.9 Å². The normalized spacial score (nSPS) is 11.7. The maximum Gasteiger partial charge on any atom is 0.277 e. The molecule has 3 rings (SSSR count). The van der Waals surface area contributed by atoms with Crippen LogP contribution in [0.5, 0.6) is 0 Å². The van der Waals surface area contributed by atoms with E-state index in [9.17, 15) is 0 Å². The first-order chi connectivity index (χ1) is 11.8. The third-order valence-corrected chi connectivity index (χ3v) is 5.38. The standard InChI is InChI=1S/C19H18Cl2N2OS/c1-19(2,3)14-7-5-13(6-8-14)17-22-23-18(24-17)25-11-12-4-9-15(20)16(21)10-12/h4-10H,11H2,1-3H3. The van der Waals surface area contributed by atoms with Crippen LogP contribution < -0.4 is 0 Å². The van der Waals surface area contributed by atoms with E-state index < -0.39 is 0 Å². The van der Waals surface area contributed by atoms with Gasteiger partial charge in [-0.3, -0.25) is 0 Å². The highest BCUT2D eigenvalue weighted by Crippen LogP contribution is 2.30. The Morgan fingerprint density at radius 1 is 0.960 bits per heavy atom. The molecule has 0 radical (unpaired) electrons. The van der Waals surface area contributed by atoms with E-state index >= 15 is 0 Å². The molecule has 6 heteroatoms. The molecule has 25 heavy (non-hydrogen) atoms. The second kappa shape index (κ2) is 7.40. The minimum Gasteiger partial charge on any atom is -0.411 e. The van der Waals surface area contributed by atoms with E-state index in [4.69, 9.17) is 27.6 Å². The van der Waals surface area contributed by atoms with Gasteiger partial charge in [0.15, 0.2) is 0 Å². The Kier molecular flexibility index (Phi) is 5.42. The smallest absolute Gasteiger partial charge is 0.277 e. The van der Waals surface area contributed by atoms with E-state index in [2.05, 4.69) is 43.1 Å². The summed E-state index contributed by atoms with van der Waals surface area (Å²) in [5.41, 5.74) is 3.36. The number of benzene rings is 2. The molecule has 0 amide bonds. The lowest BCUT2D eigenvalue weighted by Crippen LogP contribution is -2.10. The summed E-state index contributed by atoms with van der Waals surface area (Å²) in [6, 6.07) is 13.8. The molecular weight excluding hydrogens is 375 g/mol. The number of rotatable bonds is 4. The molecule has 0 aliphatic rings. The van der Waals surface area contributed by atoms with Crippen LogP contribution in [0, 0.1) is 0 Å². The molecule has 0 aliphatic carbocycles. The average Bonchev–Trinajstić information content (AvgIpc) is 3.04. The quantitative estimate of drug-likeness (QED) is 0.466. The van der Waals surface area contributed by atoms with Gasteiger partial charge < -0.3 is 4.42 Å². The molecule has 1 aromatic heterocycles. The summed E-state index contributed by atoms with van der Waals surface area (Å²) in [5, 5.41) is 9.87. The van der Waals surface area contributed by atoms with E-state index in [-0.39, 0.29) is 5.41 Å². The fraction of sp³-hybridized carbons (Fsp3) is 0.263. The van der Waals surface area contributed by atoms with Crippen LogP contribution in [0.3, 0.4) is 0 Å². The Morgan fingerprint density at radius 3 is 2.32 bits per heavy atom. The Labute approximate surface area is 161 Å². The number of nitrogens with zero attached hydrogens (tertiary/aromatic N) is 2. The van der Waals surface area contributed by atoms with Crippen molar-refractivity contribution in [2.45, 2.75) is 37.2 Å². The van der Waals surface area contributed by atoms with Crippen LogP contribution in [-0.4, -0.2) is 10.2 Å². The van der Waals surface area contributed by atoms with Gasteiger partial charge in [0.25, 0.3) is 5.22 Å². The van der Waals surface area contributed by atoms with Crippen molar-refractivity contribution < 1.29 is 4.42 Å². The van der Waals surface area contributed by atoms with Gasteiger partial charge >= 0.3 is 0 Å². The molecule has 0 fully saturated rings. The van der Waals surface area contributed by atoms with E-state index in [1.807, 2.05) is 24.3 Å². The molecule has 1 heterocycles. The molecule has 0 bridgehead atoms. The zero-order valence-electron chi connectivity index (χ0n) is 14.2.